The van der Waals surface area contributed by atoms with Gasteiger partial charge in [0.2, 0.25) is 0 Å². The minimum atomic E-state index is -0.481. The summed E-state index contributed by atoms with van der Waals surface area (Å²) in [6.45, 7) is 6.81. The molecule has 0 heterocycles. The highest BCUT2D eigenvalue weighted by Gasteiger charge is 2.08. The highest BCUT2D eigenvalue weighted by atomic mass is 27.2. The molecule has 0 aliphatic carbocycles. The normalized spacial score (nSPS) is 12.9. The lowest BCUT2D eigenvalue weighted by molar-refractivity contribution is 1.03. The van der Waals surface area contributed by atoms with Crippen LogP contribution in [-0.4, -0.2) is 14.1 Å². The maximum Gasteiger partial charge on any atom is 0.292 e. The van der Waals surface area contributed by atoms with Crippen molar-refractivity contribution in [1.29, 1.82) is 0 Å². The van der Waals surface area contributed by atoms with E-state index in [1.807, 2.05) is 0 Å². The summed E-state index contributed by atoms with van der Waals surface area (Å²) >= 11 is -0.481. The van der Waals surface area contributed by atoms with Crippen molar-refractivity contribution in [2.24, 2.45) is 0 Å². The van der Waals surface area contributed by atoms with Crippen molar-refractivity contribution in [3.05, 3.63) is 10.0 Å². The van der Waals surface area contributed by atoms with Gasteiger partial charge >= 0.3 is 0 Å². The van der Waals surface area contributed by atoms with Crippen LogP contribution in [-0.2, 0) is 0 Å². The molecule has 0 saturated carbocycles. The van der Waals surface area contributed by atoms with Gasteiger partial charge in [-0.15, -0.1) is 16.0 Å². The second-order valence-electron chi connectivity index (χ2n) is 3.17. The van der Waals surface area contributed by atoms with Crippen LogP contribution in [0.15, 0.2) is 10.0 Å². The van der Waals surface area contributed by atoms with Gasteiger partial charge in [0.25, 0.3) is 14.1 Å². The minimum absolute atomic E-state index is 0.481. The lowest BCUT2D eigenvalue weighted by Crippen LogP contribution is -2.07. The van der Waals surface area contributed by atoms with Crippen LogP contribution < -0.4 is 0 Å². The van der Waals surface area contributed by atoms with E-state index in [2.05, 4.69) is 32.3 Å². The summed E-state index contributed by atoms with van der Waals surface area (Å²) in [5.41, 5.74) is 1.64. The van der Waals surface area contributed by atoms with E-state index in [4.69, 9.17) is 0 Å². The zero-order valence-electron chi connectivity index (χ0n) is 7.99. The van der Waals surface area contributed by atoms with Crippen molar-refractivity contribution in [3.63, 3.8) is 0 Å². The van der Waals surface area contributed by atoms with Gasteiger partial charge in [-0.05, 0) is 19.8 Å². The molecule has 0 aliphatic heterocycles. The number of hydrogen-bond acceptors (Lipinski definition) is 0. The van der Waals surface area contributed by atoms with Gasteiger partial charge in [-0.3, -0.25) is 0 Å². The Morgan fingerprint density at radius 2 is 1.60 bits per heavy atom. The van der Waals surface area contributed by atoms with E-state index >= 15 is 0 Å². The van der Waals surface area contributed by atoms with Crippen LogP contribution in [0.2, 0.25) is 11.6 Å². The molecule has 0 saturated heterocycles. The second-order valence-corrected chi connectivity index (χ2v) is 6.17. The van der Waals surface area contributed by atoms with E-state index in [0.29, 0.717) is 0 Å². The quantitative estimate of drug-likeness (QED) is 0.546. The second kappa shape index (κ2) is 4.99. The van der Waals surface area contributed by atoms with Crippen LogP contribution in [0.1, 0.15) is 33.6 Å². The SMILES string of the molecule is CC/C(C)=[C](\CC)[Al]([CH3])[CH3]. The van der Waals surface area contributed by atoms with Gasteiger partial charge in [0, 0.05) is 0 Å². The zero-order valence-corrected chi connectivity index (χ0v) is 9.15. The standard InChI is InChI=1S/C7H13.2CH3.Al/c1-4-6-7(3)5-2;;;/h4-5H2,1-3H3;2*1H3;. The van der Waals surface area contributed by atoms with E-state index < -0.39 is 14.1 Å². The van der Waals surface area contributed by atoms with Crippen molar-refractivity contribution in [2.75, 3.05) is 0 Å². The summed E-state index contributed by atoms with van der Waals surface area (Å²) < 4.78 is 1.78. The highest BCUT2D eigenvalue weighted by Crippen LogP contribution is 2.14. The molecule has 0 fully saturated rings. The average molecular weight is 154 g/mol. The van der Waals surface area contributed by atoms with Crippen LogP contribution in [0, 0.1) is 0 Å². The van der Waals surface area contributed by atoms with Gasteiger partial charge in [-0.2, -0.15) is 0 Å². The molecule has 0 amide bonds. The fourth-order valence-corrected chi connectivity index (χ4v) is 3.44. The number of allylic oxidation sites excluding steroid dienone is 2. The minimum Gasteiger partial charge on any atom is -0.132 e. The monoisotopic (exact) mass is 154 g/mol. The lowest BCUT2D eigenvalue weighted by Gasteiger charge is -2.09. The number of rotatable bonds is 3. The van der Waals surface area contributed by atoms with Crippen LogP contribution >= 0.6 is 0 Å². The van der Waals surface area contributed by atoms with E-state index in [-0.39, 0.29) is 0 Å². The van der Waals surface area contributed by atoms with Crippen molar-refractivity contribution >= 4 is 14.1 Å². The number of hydrogen-bond donors (Lipinski definition) is 0. The first-order valence-electron chi connectivity index (χ1n) is 4.31. The van der Waals surface area contributed by atoms with Gasteiger partial charge in [0.05, 0.1) is 0 Å². The topological polar surface area (TPSA) is 0 Å². The molecule has 0 nitrogen and oxygen atoms in total. The third kappa shape index (κ3) is 2.90. The molecule has 0 unspecified atom stereocenters. The van der Waals surface area contributed by atoms with Crippen LogP contribution in [0.5, 0.6) is 0 Å². The molecule has 10 heavy (non-hydrogen) atoms. The van der Waals surface area contributed by atoms with Crippen LogP contribution in [0.4, 0.5) is 0 Å². The Hall–Kier alpha value is 0.272. The molecule has 0 aromatic heterocycles. The maximum absolute atomic E-state index is 2.41. The molecule has 0 aromatic rings. The maximum atomic E-state index is 2.41. The smallest absolute Gasteiger partial charge is 0.132 e. The molecule has 0 aromatic carbocycles. The van der Waals surface area contributed by atoms with Gasteiger partial charge in [0.1, 0.15) is 0 Å². The fraction of sp³-hybridized carbons (Fsp3) is 0.778. The van der Waals surface area contributed by atoms with Gasteiger partial charge in [-0.1, -0.05) is 19.4 Å². The molecular weight excluding hydrogens is 135 g/mol. The summed E-state index contributed by atoms with van der Waals surface area (Å²) in [5.74, 6) is 4.83. The van der Waals surface area contributed by atoms with Crippen molar-refractivity contribution in [1.82, 2.24) is 0 Å². The highest BCUT2D eigenvalue weighted by molar-refractivity contribution is 6.64. The summed E-state index contributed by atoms with van der Waals surface area (Å²) in [7, 11) is 0. The molecule has 0 bridgehead atoms. The van der Waals surface area contributed by atoms with Crippen LogP contribution in [0.3, 0.4) is 0 Å². The fourth-order valence-electron chi connectivity index (χ4n) is 1.43. The van der Waals surface area contributed by atoms with Crippen LogP contribution in [0.25, 0.3) is 0 Å². The largest absolute Gasteiger partial charge is 0.292 e. The zero-order chi connectivity index (χ0) is 8.15. The molecule has 1 heteroatoms. The van der Waals surface area contributed by atoms with Gasteiger partial charge in [0.15, 0.2) is 0 Å². The molecule has 0 spiro atoms. The summed E-state index contributed by atoms with van der Waals surface area (Å²) in [6.07, 6.45) is 2.53. The molecule has 0 aliphatic rings. The first-order valence-corrected chi connectivity index (χ1v) is 7.20. The van der Waals surface area contributed by atoms with Crippen molar-refractivity contribution in [2.45, 2.75) is 45.2 Å². The van der Waals surface area contributed by atoms with Gasteiger partial charge in [-0.25, -0.2) is 0 Å². The Bertz CT molecular complexity index is 123. The molecule has 0 atom stereocenters. The predicted octanol–water partition coefficient (Wildman–Crippen LogP) is 3.42. The molecule has 0 N–H and O–H groups in total. The summed E-state index contributed by atoms with van der Waals surface area (Å²) in [5, 5.41) is 0. The summed E-state index contributed by atoms with van der Waals surface area (Å²) in [4.78, 5) is 0. The average Bonchev–Trinajstić information content (AvgIpc) is 1.88. The Balaban J connectivity index is 4.29. The first-order chi connectivity index (χ1) is 4.63. The van der Waals surface area contributed by atoms with E-state index in [1.54, 1.807) is 10.0 Å². The molecular formula is C9H19Al. The van der Waals surface area contributed by atoms with E-state index in [1.165, 1.54) is 12.8 Å². The predicted molar refractivity (Wildman–Crippen MR) is 50.8 cm³/mol. The Morgan fingerprint density at radius 1 is 1.10 bits per heavy atom. The Labute approximate surface area is 69.7 Å². The lowest BCUT2D eigenvalue weighted by atomic mass is 10.2. The Kier molecular flexibility index (Phi) is 5.13. The van der Waals surface area contributed by atoms with Crippen molar-refractivity contribution < 1.29 is 0 Å². The first kappa shape index (κ1) is 10.3. The van der Waals surface area contributed by atoms with E-state index in [9.17, 15) is 0 Å². The third-order valence-corrected chi connectivity index (χ3v) is 4.45. The van der Waals surface area contributed by atoms with Gasteiger partial charge < -0.3 is 0 Å². The molecule has 58 valence electrons. The van der Waals surface area contributed by atoms with E-state index in [0.717, 1.165) is 0 Å². The Morgan fingerprint density at radius 3 is 1.70 bits per heavy atom. The molecule has 0 rings (SSSR count). The summed E-state index contributed by atoms with van der Waals surface area (Å²) in [6, 6.07) is 0. The molecule has 0 radical (unpaired) electrons. The third-order valence-electron chi connectivity index (χ3n) is 2.16. The van der Waals surface area contributed by atoms with Crippen molar-refractivity contribution in [3.8, 4) is 0 Å².